The predicted octanol–water partition coefficient (Wildman–Crippen LogP) is 7.30. The van der Waals surface area contributed by atoms with Crippen LogP contribution in [-0.4, -0.2) is 10.5 Å². The van der Waals surface area contributed by atoms with E-state index in [0.717, 1.165) is 32.6 Å². The Morgan fingerprint density at radius 1 is 1.04 bits per heavy atom. The molecule has 0 atom stereocenters. The molecule has 2 aromatic heterocycles. The smallest absolute Gasteiger partial charge is 0.126 e. The molecule has 0 unspecified atom stereocenters. The third kappa shape index (κ3) is 4.71. The third-order valence-electron chi connectivity index (χ3n) is 3.90. The van der Waals surface area contributed by atoms with E-state index in [2.05, 4.69) is 51.4 Å². The quantitative estimate of drug-likeness (QED) is 0.496. The highest BCUT2D eigenvalue weighted by Gasteiger charge is 2.27. The Kier molecular flexibility index (Phi) is 5.22. The second kappa shape index (κ2) is 7.12. The molecule has 0 aliphatic carbocycles. The highest BCUT2D eigenvalue weighted by molar-refractivity contribution is 7.20. The maximum absolute atomic E-state index is 13.3. The molecule has 3 rings (SSSR count). The van der Waals surface area contributed by atoms with Gasteiger partial charge >= 0.3 is 0 Å². The van der Waals surface area contributed by atoms with Crippen LogP contribution in [0.15, 0.2) is 41.8 Å². The molecule has 26 heavy (non-hydrogen) atoms. The molecule has 0 aliphatic heterocycles. The molecule has 138 valence electrons. The van der Waals surface area contributed by atoms with Crippen LogP contribution < -0.4 is 5.32 Å². The van der Waals surface area contributed by atoms with Crippen molar-refractivity contribution in [1.29, 1.82) is 0 Å². The van der Waals surface area contributed by atoms with Crippen molar-refractivity contribution >= 4 is 27.7 Å². The molecule has 2 nitrogen and oxygen atoms in total. The first-order chi connectivity index (χ1) is 12.1. The largest absolute Gasteiger partial charge is 0.370 e. The number of anilines is 1. The van der Waals surface area contributed by atoms with Gasteiger partial charge in [-0.05, 0) is 61.4 Å². The number of hydrogen-bond donors (Lipinski definition) is 1. The predicted molar refractivity (Wildman–Crippen MR) is 113 cm³/mol. The molecule has 3 aromatic rings. The summed E-state index contributed by atoms with van der Waals surface area (Å²) in [5, 5.41) is 7.76. The van der Waals surface area contributed by atoms with Crippen molar-refractivity contribution in [2.24, 2.45) is 5.41 Å². The normalized spacial score (nSPS) is 12.4. The first-order valence-electron chi connectivity index (χ1n) is 8.72. The van der Waals surface area contributed by atoms with Gasteiger partial charge in [0.2, 0.25) is 0 Å². The molecular weight excluding hydrogens is 363 g/mol. The van der Waals surface area contributed by atoms with Crippen LogP contribution in [0.2, 0.25) is 0 Å². The lowest BCUT2D eigenvalue weighted by atomic mass is 9.82. The first-order valence-corrected chi connectivity index (χ1v) is 10.4. The molecule has 2 heterocycles. The number of rotatable bonds is 5. The Hall–Kier alpha value is -1.72. The minimum Gasteiger partial charge on any atom is -0.370 e. The van der Waals surface area contributed by atoms with Crippen molar-refractivity contribution in [3.63, 3.8) is 0 Å². The zero-order valence-electron chi connectivity index (χ0n) is 15.9. The highest BCUT2D eigenvalue weighted by Crippen LogP contribution is 2.42. The molecule has 0 spiro atoms. The summed E-state index contributed by atoms with van der Waals surface area (Å²) in [6, 6.07) is 10.7. The van der Waals surface area contributed by atoms with E-state index in [-0.39, 0.29) is 16.8 Å². The van der Waals surface area contributed by atoms with E-state index in [1.54, 1.807) is 34.8 Å². The fraction of sp³-hybridized carbons (Fsp3) is 0.381. The SMILES string of the molecule is CC(C)(C)CC(C)(C)Nc1sc(-c2ccc(F)cc2)nc1-c1cccs1. The monoisotopic (exact) mass is 388 g/mol. The Bertz CT molecular complexity index is 857. The van der Waals surface area contributed by atoms with Crippen LogP contribution in [0.5, 0.6) is 0 Å². The number of benzene rings is 1. The minimum absolute atomic E-state index is 0.0587. The van der Waals surface area contributed by atoms with Gasteiger partial charge in [0, 0.05) is 11.1 Å². The van der Waals surface area contributed by atoms with E-state index in [1.807, 2.05) is 6.07 Å². The summed E-state index contributed by atoms with van der Waals surface area (Å²) in [6.45, 7) is 11.2. The van der Waals surface area contributed by atoms with Gasteiger partial charge in [-0.2, -0.15) is 0 Å². The third-order valence-corrected chi connectivity index (χ3v) is 5.79. The lowest BCUT2D eigenvalue weighted by Gasteiger charge is -2.33. The molecule has 0 saturated heterocycles. The Morgan fingerprint density at radius 2 is 1.73 bits per heavy atom. The number of thiophene rings is 1. The molecule has 0 aliphatic rings. The molecule has 0 amide bonds. The van der Waals surface area contributed by atoms with Gasteiger partial charge in [-0.3, -0.25) is 0 Å². The molecule has 0 saturated carbocycles. The van der Waals surface area contributed by atoms with Gasteiger partial charge in [0.05, 0.1) is 4.88 Å². The van der Waals surface area contributed by atoms with Gasteiger partial charge < -0.3 is 5.32 Å². The summed E-state index contributed by atoms with van der Waals surface area (Å²) < 4.78 is 13.3. The summed E-state index contributed by atoms with van der Waals surface area (Å²) in [6.07, 6.45) is 1.04. The summed E-state index contributed by atoms with van der Waals surface area (Å²) in [5.74, 6) is -0.228. The Labute approximate surface area is 163 Å². The number of thiazole rings is 1. The second-order valence-electron chi connectivity index (χ2n) is 8.43. The van der Waals surface area contributed by atoms with Crippen LogP contribution in [-0.2, 0) is 0 Å². The van der Waals surface area contributed by atoms with Crippen LogP contribution in [0.25, 0.3) is 21.1 Å². The van der Waals surface area contributed by atoms with Crippen molar-refractivity contribution < 1.29 is 4.39 Å². The van der Waals surface area contributed by atoms with Gasteiger partial charge in [-0.15, -0.1) is 11.3 Å². The Morgan fingerprint density at radius 3 is 2.31 bits per heavy atom. The van der Waals surface area contributed by atoms with E-state index in [4.69, 9.17) is 4.98 Å². The number of aromatic nitrogens is 1. The van der Waals surface area contributed by atoms with Crippen LogP contribution >= 0.6 is 22.7 Å². The van der Waals surface area contributed by atoms with Gasteiger partial charge in [-0.1, -0.05) is 38.2 Å². The van der Waals surface area contributed by atoms with Crippen molar-refractivity contribution in [2.75, 3.05) is 5.32 Å². The fourth-order valence-electron chi connectivity index (χ4n) is 3.38. The molecule has 1 aromatic carbocycles. The fourth-order valence-corrected chi connectivity index (χ4v) is 5.33. The Balaban J connectivity index is 1.99. The second-order valence-corrected chi connectivity index (χ2v) is 10.4. The van der Waals surface area contributed by atoms with Crippen LogP contribution in [0.3, 0.4) is 0 Å². The highest BCUT2D eigenvalue weighted by atomic mass is 32.1. The molecule has 0 bridgehead atoms. The van der Waals surface area contributed by atoms with E-state index in [0.29, 0.717) is 0 Å². The van der Waals surface area contributed by atoms with Gasteiger partial charge in [0.25, 0.3) is 0 Å². The molecule has 0 fully saturated rings. The van der Waals surface area contributed by atoms with Crippen molar-refractivity contribution in [2.45, 2.75) is 46.6 Å². The lowest BCUT2D eigenvalue weighted by Crippen LogP contribution is -2.35. The van der Waals surface area contributed by atoms with Crippen molar-refractivity contribution in [1.82, 2.24) is 4.98 Å². The standard InChI is InChI=1S/C21H25FN2S2/c1-20(2,3)13-21(4,5)24-19-17(16-7-6-12-25-16)23-18(26-19)14-8-10-15(22)11-9-14/h6-12,24H,13H2,1-5H3. The van der Waals surface area contributed by atoms with E-state index in [9.17, 15) is 4.39 Å². The number of nitrogens with one attached hydrogen (secondary N) is 1. The van der Waals surface area contributed by atoms with Crippen LogP contribution in [0, 0.1) is 11.2 Å². The van der Waals surface area contributed by atoms with Crippen molar-refractivity contribution in [3.05, 3.63) is 47.6 Å². The van der Waals surface area contributed by atoms with Crippen molar-refractivity contribution in [3.8, 4) is 21.1 Å². The van der Waals surface area contributed by atoms with Crippen LogP contribution in [0.4, 0.5) is 9.39 Å². The van der Waals surface area contributed by atoms with Gasteiger partial charge in [-0.25, -0.2) is 9.37 Å². The summed E-state index contributed by atoms with van der Waals surface area (Å²) >= 11 is 3.32. The molecule has 1 N–H and O–H groups in total. The van der Waals surface area contributed by atoms with Gasteiger partial charge in [0.15, 0.2) is 0 Å². The van der Waals surface area contributed by atoms with Gasteiger partial charge in [0.1, 0.15) is 21.5 Å². The minimum atomic E-state index is -0.228. The number of hydrogen-bond acceptors (Lipinski definition) is 4. The maximum atomic E-state index is 13.3. The number of halogens is 1. The topological polar surface area (TPSA) is 24.9 Å². The molecule has 0 radical (unpaired) electrons. The average molecular weight is 389 g/mol. The van der Waals surface area contributed by atoms with E-state index in [1.165, 1.54) is 12.1 Å². The first kappa shape index (κ1) is 19.1. The van der Waals surface area contributed by atoms with E-state index < -0.39 is 0 Å². The summed E-state index contributed by atoms with van der Waals surface area (Å²) in [5.41, 5.74) is 2.09. The summed E-state index contributed by atoms with van der Waals surface area (Å²) in [7, 11) is 0. The summed E-state index contributed by atoms with van der Waals surface area (Å²) in [4.78, 5) is 6.02. The zero-order chi connectivity index (χ0) is 18.9. The maximum Gasteiger partial charge on any atom is 0.126 e. The number of nitrogens with zero attached hydrogens (tertiary/aromatic N) is 1. The molecular formula is C21H25FN2S2. The molecule has 5 heteroatoms. The lowest BCUT2D eigenvalue weighted by molar-refractivity contribution is 0.303. The van der Waals surface area contributed by atoms with E-state index >= 15 is 0 Å². The zero-order valence-corrected chi connectivity index (χ0v) is 17.5. The average Bonchev–Trinajstić information content (AvgIpc) is 3.14. The van der Waals surface area contributed by atoms with Crippen LogP contribution in [0.1, 0.15) is 41.0 Å².